The maximum absolute atomic E-state index is 13.2. The first-order valence-corrected chi connectivity index (χ1v) is 11.1. The molecule has 176 valence electrons. The van der Waals surface area contributed by atoms with E-state index in [1.54, 1.807) is 40.7 Å². The van der Waals surface area contributed by atoms with Crippen molar-refractivity contribution in [3.05, 3.63) is 24.3 Å². The Kier molecular flexibility index (Phi) is 8.25. The molecular formula is C24H38O7. The molecule has 3 N–H and O–H groups in total. The van der Waals surface area contributed by atoms with Crippen LogP contribution in [0.15, 0.2) is 24.3 Å². The van der Waals surface area contributed by atoms with E-state index in [2.05, 4.69) is 6.58 Å². The minimum absolute atomic E-state index is 0.0875. The SMILES string of the molecule is C=C1CC[C@H](C(C)(C)OC(=O)COCC)/C=C/[C@@H](C)C(=O)[C@@]2(O)C[C@H](C)[C@H](O)[C@@H]2[C@H]1O. The molecule has 0 heterocycles. The van der Waals surface area contributed by atoms with Crippen LogP contribution in [0.3, 0.4) is 0 Å². The molecule has 7 heteroatoms. The quantitative estimate of drug-likeness (QED) is 0.445. The summed E-state index contributed by atoms with van der Waals surface area (Å²) in [4.78, 5) is 25.3. The maximum Gasteiger partial charge on any atom is 0.332 e. The Morgan fingerprint density at radius 3 is 2.55 bits per heavy atom. The molecule has 0 spiro atoms. The first-order chi connectivity index (χ1) is 14.3. The molecule has 0 bridgehead atoms. The molecule has 31 heavy (non-hydrogen) atoms. The number of Topliss-reactive ketones (excluding diaryl/α,β-unsaturated/α-hetero) is 1. The van der Waals surface area contributed by atoms with Crippen molar-refractivity contribution in [1.82, 2.24) is 0 Å². The third kappa shape index (κ3) is 5.45. The smallest absolute Gasteiger partial charge is 0.332 e. The number of hydrogen-bond donors (Lipinski definition) is 3. The highest BCUT2D eigenvalue weighted by molar-refractivity contribution is 5.91. The van der Waals surface area contributed by atoms with E-state index in [0.29, 0.717) is 25.0 Å². The van der Waals surface area contributed by atoms with E-state index in [9.17, 15) is 24.9 Å². The van der Waals surface area contributed by atoms with Crippen molar-refractivity contribution in [3.63, 3.8) is 0 Å². The molecule has 0 radical (unpaired) electrons. The molecule has 0 unspecified atom stereocenters. The average molecular weight is 439 g/mol. The van der Waals surface area contributed by atoms with Gasteiger partial charge in [0.1, 0.15) is 17.8 Å². The summed E-state index contributed by atoms with van der Waals surface area (Å²) in [5, 5.41) is 32.9. The standard InChI is InChI=1S/C24H38O7/c1-7-30-13-18(25)31-23(5,6)17-10-8-14(2)20(26)19-21(27)16(4)12-24(19,29)22(28)15(3)9-11-17/h9,11,15-17,19-21,26-27,29H,2,7-8,10,12-13H2,1,3-6H3/b11-9+/t15-,16+,17+,19+,20+,21+,24-/m1/s1. The van der Waals surface area contributed by atoms with Crippen molar-refractivity contribution in [2.24, 2.45) is 23.7 Å². The number of ether oxygens (including phenoxy) is 2. The Bertz CT molecular complexity index is 713. The number of fused-ring (bicyclic) bond motifs is 1. The van der Waals surface area contributed by atoms with Crippen molar-refractivity contribution < 1.29 is 34.4 Å². The molecule has 0 aromatic heterocycles. The normalized spacial score (nSPS) is 38.3. The molecule has 2 aliphatic carbocycles. The van der Waals surface area contributed by atoms with Crippen LogP contribution in [0.2, 0.25) is 0 Å². The lowest BCUT2D eigenvalue weighted by atomic mass is 9.76. The zero-order chi connectivity index (χ0) is 23.6. The lowest BCUT2D eigenvalue weighted by Gasteiger charge is -2.35. The second-order valence-corrected chi connectivity index (χ2v) is 9.62. The van der Waals surface area contributed by atoms with E-state index in [4.69, 9.17) is 9.47 Å². The molecule has 0 aliphatic heterocycles. The molecule has 0 aromatic rings. The van der Waals surface area contributed by atoms with E-state index in [0.717, 1.165) is 0 Å². The van der Waals surface area contributed by atoms with Crippen LogP contribution in [-0.4, -0.2) is 63.7 Å². The fourth-order valence-corrected chi connectivity index (χ4v) is 4.88. The van der Waals surface area contributed by atoms with E-state index >= 15 is 0 Å². The number of aliphatic hydroxyl groups is 3. The summed E-state index contributed by atoms with van der Waals surface area (Å²) in [6.07, 6.45) is 2.32. The van der Waals surface area contributed by atoms with Gasteiger partial charge < -0.3 is 24.8 Å². The van der Waals surface area contributed by atoms with Gasteiger partial charge in [-0.15, -0.1) is 0 Å². The number of hydrogen-bond acceptors (Lipinski definition) is 7. The maximum atomic E-state index is 13.2. The van der Waals surface area contributed by atoms with Gasteiger partial charge in [-0.05, 0) is 51.5 Å². The van der Waals surface area contributed by atoms with Crippen LogP contribution in [0.1, 0.15) is 53.9 Å². The van der Waals surface area contributed by atoms with Crippen LogP contribution in [-0.2, 0) is 19.1 Å². The predicted molar refractivity (Wildman–Crippen MR) is 116 cm³/mol. The molecule has 7 nitrogen and oxygen atoms in total. The molecule has 0 aromatic carbocycles. The van der Waals surface area contributed by atoms with Gasteiger partial charge in [-0.2, -0.15) is 0 Å². The van der Waals surface area contributed by atoms with Crippen LogP contribution < -0.4 is 0 Å². The highest BCUT2D eigenvalue weighted by Gasteiger charge is 2.58. The molecular weight excluding hydrogens is 400 g/mol. The first kappa shape index (κ1) is 25.7. The van der Waals surface area contributed by atoms with Crippen molar-refractivity contribution in [1.29, 1.82) is 0 Å². The summed E-state index contributed by atoms with van der Waals surface area (Å²) in [7, 11) is 0. The zero-order valence-corrected chi connectivity index (χ0v) is 19.3. The van der Waals surface area contributed by atoms with E-state index in [1.807, 2.05) is 6.08 Å². The topological polar surface area (TPSA) is 113 Å². The van der Waals surface area contributed by atoms with Crippen molar-refractivity contribution in [2.75, 3.05) is 13.2 Å². The zero-order valence-electron chi connectivity index (χ0n) is 19.3. The summed E-state index contributed by atoms with van der Waals surface area (Å²) >= 11 is 0. The van der Waals surface area contributed by atoms with Gasteiger partial charge in [0.05, 0.1) is 18.1 Å². The summed E-state index contributed by atoms with van der Waals surface area (Å²) < 4.78 is 10.8. The lowest BCUT2D eigenvalue weighted by Crippen LogP contribution is -2.52. The number of esters is 1. The van der Waals surface area contributed by atoms with Crippen molar-refractivity contribution in [2.45, 2.75) is 77.3 Å². The Morgan fingerprint density at radius 1 is 1.29 bits per heavy atom. The third-order valence-electron chi connectivity index (χ3n) is 6.84. The molecule has 7 atom stereocenters. The van der Waals surface area contributed by atoms with Gasteiger partial charge in [0.25, 0.3) is 0 Å². The highest BCUT2D eigenvalue weighted by atomic mass is 16.6. The largest absolute Gasteiger partial charge is 0.457 e. The molecule has 2 rings (SSSR count). The van der Waals surface area contributed by atoms with Gasteiger partial charge in [0.2, 0.25) is 0 Å². The van der Waals surface area contributed by atoms with Gasteiger partial charge in [0.15, 0.2) is 5.78 Å². The van der Waals surface area contributed by atoms with Crippen LogP contribution in [0.5, 0.6) is 0 Å². The van der Waals surface area contributed by atoms with Gasteiger partial charge in [-0.25, -0.2) is 4.79 Å². The number of rotatable bonds is 5. The fraction of sp³-hybridized carbons (Fsp3) is 0.750. The van der Waals surface area contributed by atoms with E-state index in [-0.39, 0.29) is 24.9 Å². The monoisotopic (exact) mass is 438 g/mol. The molecule has 0 amide bonds. The van der Waals surface area contributed by atoms with Crippen LogP contribution >= 0.6 is 0 Å². The first-order valence-electron chi connectivity index (χ1n) is 11.1. The second-order valence-electron chi connectivity index (χ2n) is 9.62. The lowest BCUT2D eigenvalue weighted by molar-refractivity contribution is -0.165. The van der Waals surface area contributed by atoms with Crippen molar-refractivity contribution in [3.8, 4) is 0 Å². The van der Waals surface area contributed by atoms with Crippen LogP contribution in [0.4, 0.5) is 0 Å². The van der Waals surface area contributed by atoms with Crippen LogP contribution in [0.25, 0.3) is 0 Å². The minimum atomic E-state index is -1.83. The summed E-state index contributed by atoms with van der Waals surface area (Å²) in [5.41, 5.74) is -2.27. The Hall–Kier alpha value is -1.54. The molecule has 0 saturated heterocycles. The second kappa shape index (κ2) is 9.94. The molecule has 2 aliphatic rings. The number of carbonyl (C=O) groups excluding carboxylic acids is 2. The van der Waals surface area contributed by atoms with Gasteiger partial charge in [-0.3, -0.25) is 4.79 Å². The van der Waals surface area contributed by atoms with E-state index < -0.39 is 47.0 Å². The fourth-order valence-electron chi connectivity index (χ4n) is 4.88. The Labute approximate surface area is 185 Å². The highest BCUT2D eigenvalue weighted by Crippen LogP contribution is 2.46. The third-order valence-corrected chi connectivity index (χ3v) is 6.84. The summed E-state index contributed by atoms with van der Waals surface area (Å²) in [6.45, 7) is 13.1. The van der Waals surface area contributed by atoms with Gasteiger partial charge in [-0.1, -0.05) is 32.6 Å². The number of aliphatic hydroxyl groups excluding tert-OH is 2. The minimum Gasteiger partial charge on any atom is -0.457 e. The molecule has 1 saturated carbocycles. The number of carbonyl (C=O) groups is 2. The van der Waals surface area contributed by atoms with Gasteiger partial charge >= 0.3 is 5.97 Å². The predicted octanol–water partition coefficient (Wildman–Crippen LogP) is 2.18. The van der Waals surface area contributed by atoms with Crippen molar-refractivity contribution >= 4 is 11.8 Å². The van der Waals surface area contributed by atoms with Crippen LogP contribution in [0, 0.1) is 23.7 Å². The summed E-state index contributed by atoms with van der Waals surface area (Å²) in [6, 6.07) is 0. The number of ketones is 1. The average Bonchev–Trinajstić information content (AvgIpc) is 2.92. The Balaban J connectivity index is 2.34. The molecule has 1 fully saturated rings. The number of allylic oxidation sites excluding steroid dienone is 1. The Morgan fingerprint density at radius 2 is 1.94 bits per heavy atom. The summed E-state index contributed by atoms with van der Waals surface area (Å²) in [5.74, 6) is -3.15. The van der Waals surface area contributed by atoms with E-state index in [1.165, 1.54) is 0 Å². The van der Waals surface area contributed by atoms with Gasteiger partial charge in [0, 0.05) is 18.4 Å².